The van der Waals surface area contributed by atoms with Crippen LogP contribution in [-0.4, -0.2) is 19.1 Å². The molecule has 4 nitrogen and oxygen atoms in total. The molecule has 2 atom stereocenters. The molecule has 44 heavy (non-hydrogen) atoms. The van der Waals surface area contributed by atoms with Crippen LogP contribution in [-0.2, 0) is 0 Å². The summed E-state index contributed by atoms with van der Waals surface area (Å²) in [5.74, 6) is 1.04. The van der Waals surface area contributed by atoms with Crippen LogP contribution in [0, 0.1) is 0 Å². The smallest absolute Gasteiger partial charge is 0.0572 e. The highest BCUT2D eigenvalue weighted by molar-refractivity contribution is 6.09. The van der Waals surface area contributed by atoms with Gasteiger partial charge >= 0.3 is 0 Å². The van der Waals surface area contributed by atoms with Crippen LogP contribution in [0.15, 0.2) is 134 Å². The van der Waals surface area contributed by atoms with E-state index in [0.29, 0.717) is 11.8 Å². The molecule has 4 heteroatoms. The minimum atomic E-state index is 0.517. The number of rotatable bonds is 4. The molecule has 0 saturated heterocycles. The van der Waals surface area contributed by atoms with Crippen molar-refractivity contribution >= 4 is 43.6 Å². The Bertz CT molecular complexity index is 2020. The quantitative estimate of drug-likeness (QED) is 0.212. The summed E-state index contributed by atoms with van der Waals surface area (Å²) in [7, 11) is 0. The van der Waals surface area contributed by atoms with Crippen LogP contribution in [0.25, 0.3) is 55.0 Å². The first-order chi connectivity index (χ1) is 21.8. The van der Waals surface area contributed by atoms with Gasteiger partial charge < -0.3 is 9.13 Å². The van der Waals surface area contributed by atoms with Crippen molar-refractivity contribution < 1.29 is 0 Å². The Morgan fingerprint density at radius 2 is 0.841 bits per heavy atom. The van der Waals surface area contributed by atoms with E-state index in [-0.39, 0.29) is 0 Å². The number of pyridine rings is 2. The van der Waals surface area contributed by atoms with E-state index in [1.165, 1.54) is 70.0 Å². The second-order valence-electron chi connectivity index (χ2n) is 12.2. The van der Waals surface area contributed by atoms with Gasteiger partial charge in [0.1, 0.15) is 0 Å². The van der Waals surface area contributed by atoms with E-state index in [1.807, 2.05) is 24.8 Å². The lowest BCUT2D eigenvalue weighted by Gasteiger charge is -2.32. The summed E-state index contributed by atoms with van der Waals surface area (Å²) in [6, 6.07) is 40.4. The largest absolute Gasteiger partial charge is 0.309 e. The highest BCUT2D eigenvalue weighted by atomic mass is 15.0. The Kier molecular flexibility index (Phi) is 5.86. The SMILES string of the molecule is c1ccc2c(c1)c1ccccc1n2-c1ccc([C@H]2CCCCC2c2ccc(-n3c4ccncc4c4cnccc43)cc2)cc1. The summed E-state index contributed by atoms with van der Waals surface area (Å²) in [5, 5.41) is 4.88. The average molecular weight is 569 g/mol. The van der Waals surface area contributed by atoms with E-state index in [0.717, 1.165) is 21.8 Å². The highest BCUT2D eigenvalue weighted by Crippen LogP contribution is 2.45. The molecule has 212 valence electrons. The topological polar surface area (TPSA) is 35.6 Å². The van der Waals surface area contributed by atoms with E-state index < -0.39 is 0 Å². The summed E-state index contributed by atoms with van der Waals surface area (Å²) >= 11 is 0. The van der Waals surface area contributed by atoms with Gasteiger partial charge in [0.2, 0.25) is 0 Å². The molecule has 9 rings (SSSR count). The lowest BCUT2D eigenvalue weighted by Crippen LogP contribution is -2.16. The summed E-state index contributed by atoms with van der Waals surface area (Å²) in [4.78, 5) is 8.77. The number of hydrogen-bond acceptors (Lipinski definition) is 2. The molecule has 0 bridgehead atoms. The van der Waals surface area contributed by atoms with Crippen molar-refractivity contribution in [1.29, 1.82) is 0 Å². The Hall–Kier alpha value is -5.22. The number of aromatic nitrogens is 4. The number of para-hydroxylation sites is 2. The van der Waals surface area contributed by atoms with Crippen LogP contribution in [0.2, 0.25) is 0 Å². The van der Waals surface area contributed by atoms with Gasteiger partial charge in [0.15, 0.2) is 0 Å². The van der Waals surface area contributed by atoms with Gasteiger partial charge in [0.05, 0.1) is 22.1 Å². The van der Waals surface area contributed by atoms with Crippen molar-refractivity contribution in [2.24, 2.45) is 0 Å². The van der Waals surface area contributed by atoms with Crippen molar-refractivity contribution in [2.45, 2.75) is 37.5 Å². The third-order valence-electron chi connectivity index (χ3n) is 9.87. The maximum atomic E-state index is 4.39. The van der Waals surface area contributed by atoms with Crippen LogP contribution < -0.4 is 0 Å². The van der Waals surface area contributed by atoms with Gasteiger partial charge in [-0.05, 0) is 84.3 Å². The number of fused-ring (bicyclic) bond motifs is 6. The first-order valence-corrected chi connectivity index (χ1v) is 15.7. The van der Waals surface area contributed by atoms with E-state index in [2.05, 4.69) is 128 Å². The maximum Gasteiger partial charge on any atom is 0.0572 e. The molecule has 0 radical (unpaired) electrons. The van der Waals surface area contributed by atoms with Crippen LogP contribution in [0.1, 0.15) is 48.6 Å². The zero-order valence-electron chi connectivity index (χ0n) is 24.5. The second-order valence-corrected chi connectivity index (χ2v) is 12.2. The third-order valence-corrected chi connectivity index (χ3v) is 9.87. The fraction of sp³-hybridized carbons (Fsp3) is 0.150. The van der Waals surface area contributed by atoms with Gasteiger partial charge in [-0.1, -0.05) is 73.5 Å². The molecule has 0 aliphatic heterocycles. The molecule has 1 fully saturated rings. The van der Waals surface area contributed by atoms with Crippen LogP contribution in [0.3, 0.4) is 0 Å². The first-order valence-electron chi connectivity index (χ1n) is 15.7. The van der Waals surface area contributed by atoms with Crippen molar-refractivity contribution in [3.8, 4) is 11.4 Å². The molecule has 1 saturated carbocycles. The fourth-order valence-corrected chi connectivity index (χ4v) is 7.86. The highest BCUT2D eigenvalue weighted by Gasteiger charge is 2.28. The van der Waals surface area contributed by atoms with Crippen LogP contribution in [0.4, 0.5) is 0 Å². The molecule has 1 unspecified atom stereocenters. The molecule has 0 N–H and O–H groups in total. The summed E-state index contributed by atoms with van der Waals surface area (Å²) in [6.45, 7) is 0. The maximum absolute atomic E-state index is 4.39. The number of nitrogens with zero attached hydrogens (tertiary/aromatic N) is 4. The second kappa shape index (κ2) is 10.2. The molecule has 4 heterocycles. The van der Waals surface area contributed by atoms with Crippen molar-refractivity contribution in [2.75, 3.05) is 0 Å². The normalized spacial score (nSPS) is 17.2. The molecule has 4 aromatic carbocycles. The predicted molar refractivity (Wildman–Crippen MR) is 181 cm³/mol. The molecule has 1 aliphatic carbocycles. The Morgan fingerprint density at radius 3 is 1.30 bits per heavy atom. The molecule has 0 amide bonds. The molecular formula is C40H32N4. The van der Waals surface area contributed by atoms with E-state index in [9.17, 15) is 0 Å². The van der Waals surface area contributed by atoms with E-state index in [4.69, 9.17) is 0 Å². The molecule has 4 aromatic heterocycles. The van der Waals surface area contributed by atoms with Crippen molar-refractivity contribution in [1.82, 2.24) is 19.1 Å². The van der Waals surface area contributed by atoms with Gasteiger partial charge in [-0.2, -0.15) is 0 Å². The van der Waals surface area contributed by atoms with Gasteiger partial charge in [-0.25, -0.2) is 0 Å². The molecule has 1 aliphatic rings. The van der Waals surface area contributed by atoms with E-state index >= 15 is 0 Å². The minimum absolute atomic E-state index is 0.517. The van der Waals surface area contributed by atoms with Crippen LogP contribution in [0.5, 0.6) is 0 Å². The summed E-state index contributed by atoms with van der Waals surface area (Å²) < 4.78 is 4.75. The van der Waals surface area contributed by atoms with Crippen molar-refractivity contribution in [3.63, 3.8) is 0 Å². The number of hydrogen-bond donors (Lipinski definition) is 0. The standard InChI is InChI=1S/C40H32N4/c1-2-8-32(28-15-19-30(20-16-28)44-39-21-23-41-25-35(39)36-26-42-24-22-40(36)44)31(7-1)27-13-17-29(18-14-27)43-37-11-5-3-9-33(37)34-10-4-6-12-38(34)43/h3-6,9-26,31-32H,1-2,7-8H2/t31-,32?/m1/s1. The van der Waals surface area contributed by atoms with Gasteiger partial charge in [0, 0.05) is 57.7 Å². The summed E-state index contributed by atoms with van der Waals surface area (Å²) in [6.07, 6.45) is 12.7. The zero-order chi connectivity index (χ0) is 29.0. The van der Waals surface area contributed by atoms with Gasteiger partial charge in [-0.15, -0.1) is 0 Å². The monoisotopic (exact) mass is 568 g/mol. The minimum Gasteiger partial charge on any atom is -0.309 e. The molecule has 0 spiro atoms. The molecule has 8 aromatic rings. The zero-order valence-corrected chi connectivity index (χ0v) is 24.5. The van der Waals surface area contributed by atoms with Gasteiger partial charge in [0.25, 0.3) is 0 Å². The van der Waals surface area contributed by atoms with Gasteiger partial charge in [-0.3, -0.25) is 9.97 Å². The Morgan fingerprint density at radius 1 is 0.432 bits per heavy atom. The number of benzene rings is 4. The lowest BCUT2D eigenvalue weighted by atomic mass is 9.72. The van der Waals surface area contributed by atoms with E-state index in [1.54, 1.807) is 0 Å². The lowest BCUT2D eigenvalue weighted by molar-refractivity contribution is 0.386. The average Bonchev–Trinajstić information content (AvgIpc) is 3.62. The predicted octanol–water partition coefficient (Wildman–Crippen LogP) is 10.1. The Balaban J connectivity index is 1.06. The van der Waals surface area contributed by atoms with Crippen molar-refractivity contribution in [3.05, 3.63) is 145 Å². The molecular weight excluding hydrogens is 536 g/mol. The first kappa shape index (κ1) is 25.3. The van der Waals surface area contributed by atoms with Crippen LogP contribution >= 0.6 is 0 Å². The summed E-state index contributed by atoms with van der Waals surface area (Å²) in [5.41, 5.74) is 10.1. The fourth-order valence-electron chi connectivity index (χ4n) is 7.86. The Labute approximate surface area is 256 Å². The third kappa shape index (κ3) is 3.91.